The maximum atomic E-state index is 4.47. The molecule has 2 N–H and O–H groups in total. The zero-order valence-corrected chi connectivity index (χ0v) is 15.2. The Bertz CT molecular complexity index is 800. The molecule has 3 aromatic rings. The van der Waals surface area contributed by atoms with Crippen molar-refractivity contribution in [3.05, 3.63) is 66.4 Å². The van der Waals surface area contributed by atoms with Gasteiger partial charge in [-0.05, 0) is 43.7 Å². The number of anilines is 4. The summed E-state index contributed by atoms with van der Waals surface area (Å²) in [6, 6.07) is 18.4. The van der Waals surface area contributed by atoms with Crippen LogP contribution in [0.3, 0.4) is 0 Å². The van der Waals surface area contributed by atoms with Crippen LogP contribution >= 0.6 is 0 Å². The SMILES string of the molecule is CCN(CC)c1ccc(Nc2nncc(NCc3ccccc3)n2)cc1. The zero-order valence-electron chi connectivity index (χ0n) is 15.2. The molecule has 6 nitrogen and oxygen atoms in total. The third-order valence-electron chi connectivity index (χ3n) is 4.13. The normalized spacial score (nSPS) is 10.4. The van der Waals surface area contributed by atoms with Crippen LogP contribution in [-0.4, -0.2) is 28.3 Å². The fourth-order valence-electron chi connectivity index (χ4n) is 2.70. The molecule has 0 aliphatic heterocycles. The average Bonchev–Trinajstić information content (AvgIpc) is 2.70. The molecule has 0 spiro atoms. The monoisotopic (exact) mass is 348 g/mol. The maximum Gasteiger partial charge on any atom is 0.249 e. The first kappa shape index (κ1) is 17.7. The summed E-state index contributed by atoms with van der Waals surface area (Å²) in [7, 11) is 0. The smallest absolute Gasteiger partial charge is 0.249 e. The Morgan fingerprint density at radius 1 is 0.923 bits per heavy atom. The van der Waals surface area contributed by atoms with Gasteiger partial charge in [0.2, 0.25) is 5.95 Å². The van der Waals surface area contributed by atoms with Gasteiger partial charge in [0.25, 0.3) is 0 Å². The average molecular weight is 348 g/mol. The molecule has 26 heavy (non-hydrogen) atoms. The van der Waals surface area contributed by atoms with Crippen molar-refractivity contribution in [1.29, 1.82) is 0 Å². The van der Waals surface area contributed by atoms with Gasteiger partial charge in [0.05, 0.1) is 6.20 Å². The molecule has 134 valence electrons. The van der Waals surface area contributed by atoms with E-state index in [9.17, 15) is 0 Å². The predicted molar refractivity (Wildman–Crippen MR) is 107 cm³/mol. The Labute approximate surface area is 154 Å². The number of nitrogens with zero attached hydrogens (tertiary/aromatic N) is 4. The van der Waals surface area contributed by atoms with Gasteiger partial charge in [-0.15, -0.1) is 5.10 Å². The number of hydrogen-bond donors (Lipinski definition) is 2. The Hall–Kier alpha value is -3.15. The molecule has 0 aliphatic carbocycles. The van der Waals surface area contributed by atoms with Crippen LogP contribution in [0.1, 0.15) is 19.4 Å². The molecule has 1 heterocycles. The third-order valence-corrected chi connectivity index (χ3v) is 4.13. The number of hydrogen-bond acceptors (Lipinski definition) is 6. The molecular weight excluding hydrogens is 324 g/mol. The molecule has 0 bridgehead atoms. The lowest BCUT2D eigenvalue weighted by Gasteiger charge is -2.21. The van der Waals surface area contributed by atoms with Crippen molar-refractivity contribution < 1.29 is 0 Å². The van der Waals surface area contributed by atoms with Gasteiger partial charge in [-0.1, -0.05) is 30.3 Å². The van der Waals surface area contributed by atoms with Crippen molar-refractivity contribution in [1.82, 2.24) is 15.2 Å². The summed E-state index contributed by atoms with van der Waals surface area (Å²) in [5, 5.41) is 14.5. The Balaban J connectivity index is 1.63. The van der Waals surface area contributed by atoms with Crippen LogP contribution in [0.15, 0.2) is 60.8 Å². The highest BCUT2D eigenvalue weighted by molar-refractivity contribution is 5.59. The molecule has 0 amide bonds. The van der Waals surface area contributed by atoms with Crippen molar-refractivity contribution in [2.75, 3.05) is 28.6 Å². The number of nitrogens with one attached hydrogen (secondary N) is 2. The first-order valence-electron chi connectivity index (χ1n) is 8.88. The predicted octanol–water partition coefficient (Wildman–Crippen LogP) is 4.07. The van der Waals surface area contributed by atoms with Crippen molar-refractivity contribution in [3.63, 3.8) is 0 Å². The van der Waals surface area contributed by atoms with Gasteiger partial charge >= 0.3 is 0 Å². The summed E-state index contributed by atoms with van der Waals surface area (Å²) in [6.45, 7) is 6.99. The zero-order chi connectivity index (χ0) is 18.2. The van der Waals surface area contributed by atoms with Crippen molar-refractivity contribution in [2.24, 2.45) is 0 Å². The minimum atomic E-state index is 0.471. The highest BCUT2D eigenvalue weighted by Crippen LogP contribution is 2.20. The van der Waals surface area contributed by atoms with Crippen LogP contribution in [0, 0.1) is 0 Å². The highest BCUT2D eigenvalue weighted by Gasteiger charge is 2.04. The van der Waals surface area contributed by atoms with Gasteiger partial charge in [-0.3, -0.25) is 0 Å². The lowest BCUT2D eigenvalue weighted by molar-refractivity contribution is 0.866. The Morgan fingerprint density at radius 2 is 1.65 bits per heavy atom. The molecule has 0 saturated heterocycles. The number of rotatable bonds is 8. The van der Waals surface area contributed by atoms with Crippen LogP contribution in [0.2, 0.25) is 0 Å². The quantitative estimate of drug-likeness (QED) is 0.640. The van der Waals surface area contributed by atoms with Crippen molar-refractivity contribution in [3.8, 4) is 0 Å². The second-order valence-electron chi connectivity index (χ2n) is 5.85. The van der Waals surface area contributed by atoms with E-state index >= 15 is 0 Å². The number of benzene rings is 2. The molecule has 0 radical (unpaired) electrons. The highest BCUT2D eigenvalue weighted by atomic mass is 15.3. The summed E-state index contributed by atoms with van der Waals surface area (Å²) in [4.78, 5) is 6.77. The second kappa shape index (κ2) is 8.80. The molecule has 2 aromatic carbocycles. The van der Waals surface area contributed by atoms with Crippen LogP contribution in [0.25, 0.3) is 0 Å². The molecule has 3 rings (SSSR count). The van der Waals surface area contributed by atoms with Crippen molar-refractivity contribution >= 4 is 23.1 Å². The third kappa shape index (κ3) is 4.69. The van der Waals surface area contributed by atoms with Gasteiger partial charge in [0, 0.05) is 31.0 Å². The fraction of sp³-hybridized carbons (Fsp3) is 0.250. The molecule has 6 heteroatoms. The Morgan fingerprint density at radius 3 is 2.35 bits per heavy atom. The molecule has 0 aliphatic rings. The van der Waals surface area contributed by atoms with E-state index in [-0.39, 0.29) is 0 Å². The van der Waals surface area contributed by atoms with E-state index in [4.69, 9.17) is 0 Å². The first-order valence-corrected chi connectivity index (χ1v) is 8.88. The van der Waals surface area contributed by atoms with Crippen LogP contribution < -0.4 is 15.5 Å². The minimum absolute atomic E-state index is 0.471. The molecule has 0 atom stereocenters. The summed E-state index contributed by atoms with van der Waals surface area (Å²) in [5.74, 6) is 1.16. The standard InChI is InChI=1S/C20H24N6/c1-3-26(4-2)18-12-10-17(11-13-18)23-20-24-19(15-22-25-20)21-14-16-8-6-5-7-9-16/h5-13,15H,3-4,14H2,1-2H3,(H2,21,23,24,25). The maximum absolute atomic E-state index is 4.47. The van der Waals surface area contributed by atoms with Crippen LogP contribution in [0.5, 0.6) is 0 Å². The molecule has 0 fully saturated rings. The summed E-state index contributed by atoms with van der Waals surface area (Å²) in [6.07, 6.45) is 1.62. The minimum Gasteiger partial charge on any atom is -0.372 e. The van der Waals surface area contributed by atoms with Gasteiger partial charge < -0.3 is 15.5 Å². The summed E-state index contributed by atoms with van der Waals surface area (Å²) in [5.41, 5.74) is 3.33. The number of aromatic nitrogens is 3. The lowest BCUT2D eigenvalue weighted by atomic mass is 10.2. The lowest BCUT2D eigenvalue weighted by Crippen LogP contribution is -2.21. The van der Waals surface area contributed by atoms with E-state index in [2.05, 4.69) is 68.8 Å². The fourth-order valence-corrected chi connectivity index (χ4v) is 2.70. The van der Waals surface area contributed by atoms with E-state index in [1.165, 1.54) is 11.3 Å². The van der Waals surface area contributed by atoms with E-state index in [0.717, 1.165) is 18.8 Å². The molecule has 1 aromatic heterocycles. The topological polar surface area (TPSA) is 66.0 Å². The van der Waals surface area contributed by atoms with E-state index in [1.54, 1.807) is 6.20 Å². The van der Waals surface area contributed by atoms with Crippen molar-refractivity contribution in [2.45, 2.75) is 20.4 Å². The molecular formula is C20H24N6. The van der Waals surface area contributed by atoms with E-state index < -0.39 is 0 Å². The van der Waals surface area contributed by atoms with Gasteiger partial charge in [0.15, 0.2) is 5.82 Å². The summed E-state index contributed by atoms with van der Waals surface area (Å²) >= 11 is 0. The summed E-state index contributed by atoms with van der Waals surface area (Å²) < 4.78 is 0. The van der Waals surface area contributed by atoms with Gasteiger partial charge in [-0.2, -0.15) is 10.1 Å². The van der Waals surface area contributed by atoms with Crippen LogP contribution in [-0.2, 0) is 6.54 Å². The first-order chi connectivity index (χ1) is 12.8. The molecule has 0 unspecified atom stereocenters. The Kier molecular flexibility index (Phi) is 5.98. The molecule has 0 saturated carbocycles. The second-order valence-corrected chi connectivity index (χ2v) is 5.85. The van der Waals surface area contributed by atoms with E-state index in [0.29, 0.717) is 18.3 Å². The van der Waals surface area contributed by atoms with Crippen LogP contribution in [0.4, 0.5) is 23.1 Å². The van der Waals surface area contributed by atoms with E-state index in [1.807, 2.05) is 30.3 Å². The largest absolute Gasteiger partial charge is 0.372 e. The van der Waals surface area contributed by atoms with Gasteiger partial charge in [0.1, 0.15) is 0 Å². The van der Waals surface area contributed by atoms with Gasteiger partial charge in [-0.25, -0.2) is 0 Å².